The van der Waals surface area contributed by atoms with Gasteiger partial charge in [-0.1, -0.05) is 0 Å². The van der Waals surface area contributed by atoms with Gasteiger partial charge in [0.2, 0.25) is 0 Å². The second-order valence-corrected chi connectivity index (χ2v) is 5.32. The highest BCUT2D eigenvalue weighted by Gasteiger charge is 2.13. The van der Waals surface area contributed by atoms with Crippen molar-refractivity contribution in [2.75, 3.05) is 19.5 Å². The van der Waals surface area contributed by atoms with Crippen LogP contribution in [0, 0.1) is 6.92 Å². The predicted molar refractivity (Wildman–Crippen MR) is 91.2 cm³/mol. The molecule has 3 N–H and O–H groups in total. The molecule has 0 radical (unpaired) electrons. The van der Waals surface area contributed by atoms with Crippen molar-refractivity contribution in [1.82, 2.24) is 9.97 Å². The molecule has 24 heavy (non-hydrogen) atoms. The van der Waals surface area contributed by atoms with Gasteiger partial charge >= 0.3 is 5.69 Å². The number of carbonyl (C=O) groups excluding carboxylic acids is 1. The minimum absolute atomic E-state index is 0.281. The zero-order valence-electron chi connectivity index (χ0n) is 13.5. The molecule has 7 heteroatoms. The summed E-state index contributed by atoms with van der Waals surface area (Å²) in [6.07, 6.45) is 0. The first-order valence-corrected chi connectivity index (χ1v) is 7.28. The average molecular weight is 327 g/mol. The lowest BCUT2D eigenvalue weighted by Gasteiger charge is -2.11. The van der Waals surface area contributed by atoms with Crippen molar-refractivity contribution in [3.63, 3.8) is 0 Å². The van der Waals surface area contributed by atoms with Crippen LogP contribution in [0.5, 0.6) is 11.5 Å². The van der Waals surface area contributed by atoms with Gasteiger partial charge in [-0.25, -0.2) is 4.79 Å². The van der Waals surface area contributed by atoms with Crippen LogP contribution in [0.2, 0.25) is 0 Å². The topological polar surface area (TPSA) is 96.2 Å². The van der Waals surface area contributed by atoms with Gasteiger partial charge in [0, 0.05) is 11.3 Å². The van der Waals surface area contributed by atoms with Gasteiger partial charge in [0.05, 0.1) is 25.3 Å². The second-order valence-electron chi connectivity index (χ2n) is 5.32. The molecule has 1 amide bonds. The van der Waals surface area contributed by atoms with E-state index in [0.29, 0.717) is 33.8 Å². The summed E-state index contributed by atoms with van der Waals surface area (Å²) in [6, 6.07) is 8.47. The van der Waals surface area contributed by atoms with Crippen molar-refractivity contribution in [2.24, 2.45) is 0 Å². The number of ether oxygens (including phenoxy) is 2. The fourth-order valence-corrected chi connectivity index (χ4v) is 2.50. The van der Waals surface area contributed by atoms with Crippen molar-refractivity contribution in [2.45, 2.75) is 6.92 Å². The molecule has 7 nitrogen and oxygen atoms in total. The number of anilines is 1. The van der Waals surface area contributed by atoms with Crippen LogP contribution in [-0.2, 0) is 0 Å². The first-order valence-electron chi connectivity index (χ1n) is 7.28. The van der Waals surface area contributed by atoms with E-state index in [1.54, 1.807) is 30.3 Å². The molecule has 3 aromatic rings. The Labute approximate surface area is 137 Å². The van der Waals surface area contributed by atoms with Gasteiger partial charge in [-0.2, -0.15) is 0 Å². The van der Waals surface area contributed by atoms with E-state index in [-0.39, 0.29) is 11.6 Å². The number of fused-ring (bicyclic) bond motifs is 1. The average Bonchev–Trinajstić information content (AvgIpc) is 2.93. The Morgan fingerprint density at radius 1 is 1.00 bits per heavy atom. The molecule has 0 saturated heterocycles. The number of hydrogen-bond donors (Lipinski definition) is 3. The van der Waals surface area contributed by atoms with E-state index in [9.17, 15) is 9.59 Å². The Bertz CT molecular complexity index is 972. The molecule has 0 spiro atoms. The number of imidazole rings is 1. The summed E-state index contributed by atoms with van der Waals surface area (Å²) in [5, 5.41) is 2.85. The molecule has 0 unspecified atom stereocenters. The molecule has 0 aliphatic carbocycles. The largest absolute Gasteiger partial charge is 0.493 e. The third kappa shape index (κ3) is 2.83. The number of benzene rings is 2. The predicted octanol–water partition coefficient (Wildman–Crippen LogP) is 2.43. The summed E-state index contributed by atoms with van der Waals surface area (Å²) < 4.78 is 10.4. The maximum Gasteiger partial charge on any atom is 0.323 e. The number of carbonyl (C=O) groups is 1. The van der Waals surface area contributed by atoms with Gasteiger partial charge in [0.1, 0.15) is 0 Å². The van der Waals surface area contributed by atoms with Crippen molar-refractivity contribution in [3.05, 3.63) is 51.9 Å². The summed E-state index contributed by atoms with van der Waals surface area (Å²) in [6.45, 7) is 1.86. The number of rotatable bonds is 4. The van der Waals surface area contributed by atoms with E-state index in [2.05, 4.69) is 15.3 Å². The molecule has 0 aliphatic rings. The van der Waals surface area contributed by atoms with Crippen LogP contribution in [-0.4, -0.2) is 30.1 Å². The number of amides is 1. The molecule has 1 heterocycles. The minimum atomic E-state index is -0.284. The van der Waals surface area contributed by atoms with E-state index in [4.69, 9.17) is 9.47 Å². The number of methoxy groups -OCH3 is 2. The van der Waals surface area contributed by atoms with E-state index in [1.165, 1.54) is 14.2 Å². The summed E-state index contributed by atoms with van der Waals surface area (Å²) in [4.78, 5) is 29.2. The van der Waals surface area contributed by atoms with Crippen molar-refractivity contribution < 1.29 is 14.3 Å². The van der Waals surface area contributed by atoms with Crippen LogP contribution in [0.4, 0.5) is 5.69 Å². The maximum atomic E-state index is 12.5. The Morgan fingerprint density at radius 2 is 1.67 bits per heavy atom. The lowest BCUT2D eigenvalue weighted by molar-refractivity contribution is 0.102. The summed E-state index contributed by atoms with van der Waals surface area (Å²) in [5.74, 6) is 0.750. The zero-order chi connectivity index (χ0) is 17.3. The highest BCUT2D eigenvalue weighted by molar-refractivity contribution is 6.05. The molecule has 2 aromatic carbocycles. The summed E-state index contributed by atoms with van der Waals surface area (Å²) >= 11 is 0. The highest BCUT2D eigenvalue weighted by Crippen LogP contribution is 2.28. The molecular formula is C17H17N3O4. The van der Waals surface area contributed by atoms with Crippen LogP contribution in [0.15, 0.2) is 35.1 Å². The number of H-pyrrole nitrogens is 2. The zero-order valence-corrected chi connectivity index (χ0v) is 13.5. The van der Waals surface area contributed by atoms with E-state index in [1.807, 2.05) is 6.92 Å². The van der Waals surface area contributed by atoms with Gasteiger partial charge in [-0.3, -0.25) is 4.79 Å². The summed E-state index contributed by atoms with van der Waals surface area (Å²) in [5.41, 5.74) is 2.95. The number of nitrogens with one attached hydrogen (secondary N) is 3. The van der Waals surface area contributed by atoms with E-state index in [0.717, 1.165) is 5.56 Å². The Kier molecular flexibility index (Phi) is 3.99. The number of aromatic nitrogens is 2. The van der Waals surface area contributed by atoms with Gasteiger partial charge in [0.15, 0.2) is 11.5 Å². The van der Waals surface area contributed by atoms with Crippen LogP contribution < -0.4 is 20.5 Å². The molecule has 124 valence electrons. The first-order chi connectivity index (χ1) is 11.5. The monoisotopic (exact) mass is 327 g/mol. The van der Waals surface area contributed by atoms with Gasteiger partial charge in [-0.05, 0) is 42.8 Å². The fraction of sp³-hybridized carbons (Fsp3) is 0.176. The van der Waals surface area contributed by atoms with Crippen LogP contribution in [0.25, 0.3) is 11.0 Å². The fourth-order valence-electron chi connectivity index (χ4n) is 2.50. The number of hydrogen-bond acceptors (Lipinski definition) is 4. The summed E-state index contributed by atoms with van der Waals surface area (Å²) in [7, 11) is 3.05. The molecule has 1 aromatic heterocycles. The van der Waals surface area contributed by atoms with Gasteiger partial charge in [0.25, 0.3) is 5.91 Å². The molecule has 3 rings (SSSR count). The lowest BCUT2D eigenvalue weighted by atomic mass is 10.1. The standard InChI is InChI=1S/C17H17N3O4/c1-9-6-12-13(20-17(22)19-12)8-11(9)18-16(21)10-4-5-14(23-2)15(7-10)24-3/h4-8H,1-3H3,(H,18,21)(H2,19,20,22). The minimum Gasteiger partial charge on any atom is -0.493 e. The normalized spacial score (nSPS) is 10.6. The van der Waals surface area contributed by atoms with Crippen molar-refractivity contribution in [3.8, 4) is 11.5 Å². The smallest absolute Gasteiger partial charge is 0.323 e. The Balaban J connectivity index is 1.92. The molecule has 0 saturated carbocycles. The van der Waals surface area contributed by atoms with Crippen LogP contribution in [0.3, 0.4) is 0 Å². The van der Waals surface area contributed by atoms with E-state index >= 15 is 0 Å². The van der Waals surface area contributed by atoms with Crippen LogP contribution in [0.1, 0.15) is 15.9 Å². The lowest BCUT2D eigenvalue weighted by Crippen LogP contribution is -2.13. The Morgan fingerprint density at radius 3 is 2.33 bits per heavy atom. The van der Waals surface area contributed by atoms with Crippen LogP contribution >= 0.6 is 0 Å². The van der Waals surface area contributed by atoms with E-state index < -0.39 is 0 Å². The molecule has 0 atom stereocenters. The maximum absolute atomic E-state index is 12.5. The SMILES string of the molecule is COc1ccc(C(=O)Nc2cc3[nH]c(=O)[nH]c3cc2C)cc1OC. The molecule has 0 bridgehead atoms. The van der Waals surface area contributed by atoms with Crippen molar-refractivity contribution in [1.29, 1.82) is 0 Å². The van der Waals surface area contributed by atoms with Crippen molar-refractivity contribution >= 4 is 22.6 Å². The third-order valence-corrected chi connectivity index (χ3v) is 3.75. The van der Waals surface area contributed by atoms with Gasteiger partial charge < -0.3 is 24.8 Å². The first kappa shape index (κ1) is 15.7. The number of aryl methyl sites for hydroxylation is 1. The molecule has 0 aliphatic heterocycles. The molecular weight excluding hydrogens is 310 g/mol. The number of aromatic amines is 2. The third-order valence-electron chi connectivity index (χ3n) is 3.75. The van der Waals surface area contributed by atoms with Gasteiger partial charge in [-0.15, -0.1) is 0 Å². The Hall–Kier alpha value is -3.22. The molecule has 0 fully saturated rings. The highest BCUT2D eigenvalue weighted by atomic mass is 16.5. The second kappa shape index (κ2) is 6.11. The quantitative estimate of drug-likeness (QED) is 0.686.